The molecule has 14 heteroatoms. The van der Waals surface area contributed by atoms with Gasteiger partial charge >= 0.3 is 12.1 Å². The van der Waals surface area contributed by atoms with Crippen molar-refractivity contribution >= 4 is 28.6 Å². The number of ether oxygens (including phenoxy) is 1. The molecule has 2 N–H and O–H groups in total. The largest absolute Gasteiger partial charge is 0.481 e. The predicted molar refractivity (Wildman–Crippen MR) is 183 cm³/mol. The Hall–Kier alpha value is -4.33. The second kappa shape index (κ2) is 13.8. The molecule has 0 spiro atoms. The van der Waals surface area contributed by atoms with E-state index in [1.165, 1.54) is 12.3 Å². The van der Waals surface area contributed by atoms with Crippen molar-refractivity contribution in [2.45, 2.75) is 77.3 Å². The van der Waals surface area contributed by atoms with Crippen molar-refractivity contribution in [1.29, 1.82) is 0 Å². The number of nitrogens with one attached hydrogen (secondary N) is 1. The molecular weight excluding hydrogens is 649 g/mol. The van der Waals surface area contributed by atoms with E-state index in [1.54, 1.807) is 12.4 Å². The summed E-state index contributed by atoms with van der Waals surface area (Å²) in [6.45, 7) is 7.88. The van der Waals surface area contributed by atoms with Crippen LogP contribution in [0, 0.1) is 11.3 Å². The molecule has 11 nitrogen and oxygen atoms in total. The van der Waals surface area contributed by atoms with Crippen LogP contribution in [0.2, 0.25) is 0 Å². The molecule has 1 saturated heterocycles. The van der Waals surface area contributed by atoms with Crippen LogP contribution in [0.15, 0.2) is 30.7 Å². The monoisotopic (exact) mass is 692 g/mol. The zero-order valence-electron chi connectivity index (χ0n) is 28.5. The number of nitrogens with zero attached hydrogens (tertiary/aromatic N) is 7. The lowest BCUT2D eigenvalue weighted by Gasteiger charge is -2.36. The molecule has 266 valence electrons. The van der Waals surface area contributed by atoms with Crippen molar-refractivity contribution in [1.82, 2.24) is 29.9 Å². The highest BCUT2D eigenvalue weighted by atomic mass is 19.4. The van der Waals surface area contributed by atoms with E-state index in [2.05, 4.69) is 31.8 Å². The maximum atomic E-state index is 14.3. The summed E-state index contributed by atoms with van der Waals surface area (Å²) in [5.41, 5.74) is 2.30. The lowest BCUT2D eigenvalue weighted by Crippen LogP contribution is -2.39. The highest BCUT2D eigenvalue weighted by Crippen LogP contribution is 2.46. The van der Waals surface area contributed by atoms with Crippen molar-refractivity contribution in [3.8, 4) is 22.8 Å². The summed E-state index contributed by atoms with van der Waals surface area (Å²) >= 11 is 0. The van der Waals surface area contributed by atoms with Crippen molar-refractivity contribution in [3.05, 3.63) is 42.0 Å². The Labute approximate surface area is 288 Å². The summed E-state index contributed by atoms with van der Waals surface area (Å²) < 4.78 is 48.8. The third-order valence-corrected chi connectivity index (χ3v) is 10.5. The second-order valence-corrected chi connectivity index (χ2v) is 14.0. The Kier molecular flexibility index (Phi) is 9.40. The standard InChI is InChI=1S/C36H43F3N8O3/c1-3-46(20-35(21-50-4-2)11-5-6-12-35)28-16-26(24-15-25(36(37,38)39)30(42-17-24)22-7-8-22)43-33-31(28)44-32(45-33)27-18-41-29(19-40-27)47-13-9-23(10-14-47)34(48)49/h15-19,22-23H,3-14,20-21H2,1-2H3,(H,48,49)(H,43,44,45). The minimum atomic E-state index is -4.53. The first-order chi connectivity index (χ1) is 24.1. The lowest BCUT2D eigenvalue weighted by atomic mass is 9.86. The molecule has 1 aliphatic heterocycles. The van der Waals surface area contributed by atoms with Crippen LogP contribution in [0.4, 0.5) is 24.7 Å². The van der Waals surface area contributed by atoms with Crippen LogP contribution in [0.3, 0.4) is 0 Å². The summed E-state index contributed by atoms with van der Waals surface area (Å²) in [6, 6.07) is 3.03. The number of imidazole rings is 1. The van der Waals surface area contributed by atoms with Gasteiger partial charge in [-0.05, 0) is 64.5 Å². The van der Waals surface area contributed by atoms with Gasteiger partial charge < -0.3 is 24.6 Å². The van der Waals surface area contributed by atoms with Gasteiger partial charge in [-0.15, -0.1) is 0 Å². The number of aromatic amines is 1. The zero-order chi connectivity index (χ0) is 35.0. The van der Waals surface area contributed by atoms with Crippen LogP contribution >= 0.6 is 0 Å². The van der Waals surface area contributed by atoms with E-state index in [9.17, 15) is 23.1 Å². The number of carboxylic acid groups (broad SMARTS) is 1. The number of H-pyrrole nitrogens is 1. The molecular formula is C36H43F3N8O3. The van der Waals surface area contributed by atoms with E-state index < -0.39 is 17.7 Å². The Morgan fingerprint density at radius 1 is 1.02 bits per heavy atom. The molecule has 5 heterocycles. The Bertz CT molecular complexity index is 1830. The Morgan fingerprint density at radius 2 is 1.78 bits per heavy atom. The first-order valence-electron chi connectivity index (χ1n) is 17.7. The maximum absolute atomic E-state index is 14.3. The number of hydrogen-bond donors (Lipinski definition) is 2. The number of anilines is 2. The van der Waals surface area contributed by atoms with E-state index in [-0.39, 0.29) is 28.5 Å². The number of carboxylic acids is 1. The molecule has 2 saturated carbocycles. The van der Waals surface area contributed by atoms with Gasteiger partial charge in [0.05, 0.1) is 47.6 Å². The average Bonchev–Trinajstić information content (AvgIpc) is 3.71. The van der Waals surface area contributed by atoms with Gasteiger partial charge in [-0.1, -0.05) is 12.8 Å². The number of carbonyl (C=O) groups is 1. The number of aliphatic carboxylic acids is 1. The normalized spacial score (nSPS) is 18.2. The highest BCUT2D eigenvalue weighted by molar-refractivity contribution is 5.91. The van der Waals surface area contributed by atoms with E-state index in [0.29, 0.717) is 92.7 Å². The van der Waals surface area contributed by atoms with Gasteiger partial charge in [0.1, 0.15) is 17.0 Å². The smallest absolute Gasteiger partial charge is 0.418 e. The van der Waals surface area contributed by atoms with E-state index >= 15 is 0 Å². The highest BCUT2D eigenvalue weighted by Gasteiger charge is 2.40. The molecule has 0 atom stereocenters. The molecule has 0 radical (unpaired) electrons. The van der Waals surface area contributed by atoms with Crippen molar-refractivity contribution < 1.29 is 27.8 Å². The van der Waals surface area contributed by atoms with Crippen molar-refractivity contribution in [2.24, 2.45) is 11.3 Å². The Morgan fingerprint density at radius 3 is 2.40 bits per heavy atom. The summed E-state index contributed by atoms with van der Waals surface area (Å²) in [7, 11) is 0. The van der Waals surface area contributed by atoms with E-state index in [4.69, 9.17) is 14.7 Å². The zero-order valence-corrected chi connectivity index (χ0v) is 28.5. The molecule has 7 rings (SSSR count). The number of aromatic nitrogens is 6. The number of fused-ring (bicyclic) bond motifs is 1. The van der Waals surface area contributed by atoms with Crippen LogP contribution < -0.4 is 9.80 Å². The van der Waals surface area contributed by atoms with E-state index in [0.717, 1.165) is 37.9 Å². The van der Waals surface area contributed by atoms with Crippen molar-refractivity contribution in [3.63, 3.8) is 0 Å². The SMILES string of the molecule is CCOCC1(CN(CC)c2cc(-c3cnc(C4CC4)c(C(F)(F)F)c3)nc3nc(-c4cnc(N5CCC(C(=O)O)CC5)cn4)[nH]c23)CCCC1. The molecule has 0 aromatic carbocycles. The summed E-state index contributed by atoms with van der Waals surface area (Å²) in [5, 5.41) is 9.35. The molecule has 3 fully saturated rings. The van der Waals surface area contributed by atoms with Gasteiger partial charge in [-0.2, -0.15) is 13.2 Å². The third kappa shape index (κ3) is 6.99. The third-order valence-electron chi connectivity index (χ3n) is 10.5. The predicted octanol–water partition coefficient (Wildman–Crippen LogP) is 7.10. The number of alkyl halides is 3. The van der Waals surface area contributed by atoms with Crippen LogP contribution in [-0.4, -0.2) is 80.4 Å². The second-order valence-electron chi connectivity index (χ2n) is 14.0. The quantitative estimate of drug-likeness (QED) is 0.158. The maximum Gasteiger partial charge on any atom is 0.418 e. The number of piperidine rings is 1. The summed E-state index contributed by atoms with van der Waals surface area (Å²) in [6.07, 6.45) is 7.09. The summed E-state index contributed by atoms with van der Waals surface area (Å²) in [5.74, 6) is -0.181. The van der Waals surface area contributed by atoms with Crippen LogP contribution in [0.25, 0.3) is 33.9 Å². The first-order valence-corrected chi connectivity index (χ1v) is 17.7. The molecule has 4 aromatic heterocycles. The topological polar surface area (TPSA) is 133 Å². The fraction of sp³-hybridized carbons (Fsp3) is 0.556. The minimum Gasteiger partial charge on any atom is -0.481 e. The number of pyridine rings is 2. The molecule has 4 aromatic rings. The molecule has 0 unspecified atom stereocenters. The Balaban J connectivity index is 1.27. The first kappa shape index (κ1) is 34.1. The number of halogens is 3. The van der Waals surface area contributed by atoms with Gasteiger partial charge in [0.2, 0.25) is 0 Å². The number of rotatable bonds is 12. The fourth-order valence-corrected chi connectivity index (χ4v) is 7.54. The van der Waals surface area contributed by atoms with Gasteiger partial charge in [0.15, 0.2) is 11.5 Å². The summed E-state index contributed by atoms with van der Waals surface area (Å²) in [4.78, 5) is 42.3. The van der Waals surface area contributed by atoms with Crippen LogP contribution in [0.5, 0.6) is 0 Å². The van der Waals surface area contributed by atoms with Gasteiger partial charge in [-0.3, -0.25) is 9.78 Å². The molecule has 2 aliphatic carbocycles. The average molecular weight is 693 g/mol. The lowest BCUT2D eigenvalue weighted by molar-refractivity contribution is -0.142. The van der Waals surface area contributed by atoms with Crippen molar-refractivity contribution in [2.75, 3.05) is 49.2 Å². The molecule has 3 aliphatic rings. The fourth-order valence-electron chi connectivity index (χ4n) is 7.54. The number of hydrogen-bond acceptors (Lipinski definition) is 9. The van der Waals surface area contributed by atoms with Crippen LogP contribution in [0.1, 0.15) is 82.4 Å². The molecule has 0 amide bonds. The minimum absolute atomic E-state index is 0.0399. The van der Waals surface area contributed by atoms with Crippen LogP contribution in [-0.2, 0) is 15.7 Å². The van der Waals surface area contributed by atoms with Gasteiger partial charge in [-0.25, -0.2) is 19.9 Å². The molecule has 0 bridgehead atoms. The van der Waals surface area contributed by atoms with Gasteiger partial charge in [0, 0.05) is 55.9 Å². The molecule has 50 heavy (non-hydrogen) atoms. The van der Waals surface area contributed by atoms with E-state index in [1.807, 2.05) is 17.9 Å². The van der Waals surface area contributed by atoms with Gasteiger partial charge in [0.25, 0.3) is 0 Å².